The van der Waals surface area contributed by atoms with Gasteiger partial charge in [-0.1, -0.05) is 11.8 Å². The lowest BCUT2D eigenvalue weighted by Crippen LogP contribution is -2.37. The van der Waals surface area contributed by atoms with Gasteiger partial charge in [0.15, 0.2) is 6.54 Å². The number of thioether (sulfide) groups is 1. The number of aliphatic carboxylic acids is 1. The van der Waals surface area contributed by atoms with Crippen LogP contribution in [0.15, 0.2) is 11.1 Å². The van der Waals surface area contributed by atoms with Crippen LogP contribution in [0.4, 0.5) is 0 Å². The summed E-state index contributed by atoms with van der Waals surface area (Å²) in [7, 11) is 0. The largest absolute Gasteiger partial charge is 0.477 e. The first-order valence-corrected chi connectivity index (χ1v) is 4.88. The van der Waals surface area contributed by atoms with Gasteiger partial charge in [-0.2, -0.15) is 0 Å². The van der Waals surface area contributed by atoms with Crippen LogP contribution in [-0.4, -0.2) is 27.0 Å². The summed E-state index contributed by atoms with van der Waals surface area (Å²) >= 11 is 5.01. The Labute approximate surface area is 78.0 Å². The third-order valence-electron chi connectivity index (χ3n) is 1.55. The summed E-state index contributed by atoms with van der Waals surface area (Å²) < 4.78 is 0.354. The van der Waals surface area contributed by atoms with Gasteiger partial charge in [-0.25, -0.2) is 8.30 Å². The number of carboxylic acid groups (broad SMARTS) is 1. The van der Waals surface area contributed by atoms with Crippen LogP contribution in [0.1, 0.15) is 6.92 Å². The molecule has 0 aromatic heterocycles. The van der Waals surface area contributed by atoms with Crippen LogP contribution in [0, 0.1) is 0 Å². The zero-order chi connectivity index (χ0) is 8.48. The van der Waals surface area contributed by atoms with E-state index in [-0.39, 0.29) is 6.54 Å². The van der Waals surface area contributed by atoms with E-state index in [1.54, 1.807) is 11.8 Å². The van der Waals surface area contributed by atoms with Gasteiger partial charge in [0.05, 0.1) is 0 Å². The Morgan fingerprint density at radius 1 is 2.00 bits per heavy atom. The number of quaternary nitrogens is 1. The maximum absolute atomic E-state index is 10.4. The van der Waals surface area contributed by atoms with E-state index in [1.807, 2.05) is 12.3 Å². The number of hydrogen-bond donors (Lipinski definition) is 1. The highest BCUT2D eigenvalue weighted by Crippen LogP contribution is 2.35. The molecule has 1 aliphatic heterocycles. The summed E-state index contributed by atoms with van der Waals surface area (Å²) in [6, 6.07) is 0. The minimum atomic E-state index is -0.780. The SMILES string of the molecule is CC1=CSC[N+]1(Br)CC(=O)O. The van der Waals surface area contributed by atoms with Crippen molar-refractivity contribution >= 4 is 33.9 Å². The number of carbonyl (C=O) groups is 1. The van der Waals surface area contributed by atoms with Gasteiger partial charge in [0.1, 0.15) is 11.6 Å². The molecule has 0 radical (unpaired) electrons. The normalized spacial score (nSPS) is 30.2. The average Bonchev–Trinajstić information content (AvgIpc) is 2.11. The molecule has 0 saturated carbocycles. The quantitative estimate of drug-likeness (QED) is 0.746. The summed E-state index contributed by atoms with van der Waals surface area (Å²) in [6.45, 7) is 2.03. The van der Waals surface area contributed by atoms with E-state index in [2.05, 4.69) is 16.1 Å². The molecule has 62 valence electrons. The fourth-order valence-electron chi connectivity index (χ4n) is 0.857. The molecule has 1 unspecified atom stereocenters. The molecule has 0 aromatic rings. The zero-order valence-corrected chi connectivity index (χ0v) is 8.48. The lowest BCUT2D eigenvalue weighted by molar-refractivity contribution is -0.711. The van der Waals surface area contributed by atoms with Crippen LogP contribution < -0.4 is 0 Å². The number of halogens is 1. The van der Waals surface area contributed by atoms with Gasteiger partial charge in [0, 0.05) is 12.3 Å². The Morgan fingerprint density at radius 2 is 2.64 bits per heavy atom. The molecule has 1 heterocycles. The van der Waals surface area contributed by atoms with Gasteiger partial charge in [-0.3, -0.25) is 0 Å². The van der Waals surface area contributed by atoms with Crippen molar-refractivity contribution in [2.24, 2.45) is 0 Å². The molecule has 1 atom stereocenters. The topological polar surface area (TPSA) is 37.3 Å². The first-order chi connectivity index (χ1) is 5.04. The van der Waals surface area contributed by atoms with Crippen LogP contribution in [0.2, 0.25) is 0 Å². The molecule has 0 bridgehead atoms. The Balaban J connectivity index is 2.67. The molecular weight excluding hydrogens is 230 g/mol. The summed E-state index contributed by atoms with van der Waals surface area (Å²) in [4.78, 5) is 10.4. The van der Waals surface area contributed by atoms with E-state index in [0.717, 1.165) is 11.6 Å². The smallest absolute Gasteiger partial charge is 0.360 e. The Morgan fingerprint density at radius 3 is 3.00 bits per heavy atom. The summed E-state index contributed by atoms with van der Waals surface area (Å²) in [5.74, 6) is -0.0184. The van der Waals surface area contributed by atoms with Gasteiger partial charge >= 0.3 is 5.97 Å². The van der Waals surface area contributed by atoms with Crippen molar-refractivity contribution < 1.29 is 13.4 Å². The highest BCUT2D eigenvalue weighted by Gasteiger charge is 2.34. The molecule has 1 aliphatic rings. The third-order valence-corrected chi connectivity index (χ3v) is 4.04. The zero-order valence-electron chi connectivity index (χ0n) is 6.08. The van der Waals surface area contributed by atoms with Crippen LogP contribution in [0.25, 0.3) is 0 Å². The van der Waals surface area contributed by atoms with Crippen molar-refractivity contribution in [3.8, 4) is 0 Å². The van der Waals surface area contributed by atoms with Crippen LogP contribution in [-0.2, 0) is 4.79 Å². The van der Waals surface area contributed by atoms with Crippen molar-refractivity contribution in [2.75, 3.05) is 12.4 Å². The minimum Gasteiger partial charge on any atom is -0.477 e. The van der Waals surface area contributed by atoms with Crippen molar-refractivity contribution in [3.63, 3.8) is 0 Å². The molecule has 0 spiro atoms. The van der Waals surface area contributed by atoms with E-state index in [4.69, 9.17) is 5.11 Å². The number of carboxylic acids is 1. The first-order valence-electron chi connectivity index (χ1n) is 3.12. The standard InChI is InChI=1S/C6H8BrNO2S/c1-5-3-11-4-8(5,7)2-6(9)10/h3H,2,4H2,1H3/p+1. The number of allylic oxidation sites excluding steroid dienone is 1. The minimum absolute atomic E-state index is 0.106. The van der Waals surface area contributed by atoms with Gasteiger partial charge in [-0.05, 0) is 0 Å². The molecule has 11 heavy (non-hydrogen) atoms. The van der Waals surface area contributed by atoms with Crippen LogP contribution in [0.5, 0.6) is 0 Å². The average molecular weight is 239 g/mol. The number of nitrogens with zero attached hydrogens (tertiary/aromatic N) is 1. The Hall–Kier alpha value is -0.000000000000000111. The van der Waals surface area contributed by atoms with Crippen LogP contribution >= 0.6 is 27.9 Å². The molecule has 3 nitrogen and oxygen atoms in total. The Kier molecular flexibility index (Phi) is 2.61. The summed E-state index contributed by atoms with van der Waals surface area (Å²) in [5, 5.41) is 10.6. The molecule has 1 rings (SSSR count). The van der Waals surface area contributed by atoms with Gasteiger partial charge in [0.2, 0.25) is 16.1 Å². The van der Waals surface area contributed by atoms with Crippen molar-refractivity contribution in [2.45, 2.75) is 6.92 Å². The highest BCUT2D eigenvalue weighted by molar-refractivity contribution is 9.05. The van der Waals surface area contributed by atoms with Gasteiger partial charge in [-0.15, -0.1) is 0 Å². The van der Waals surface area contributed by atoms with Crippen molar-refractivity contribution in [1.29, 1.82) is 0 Å². The summed E-state index contributed by atoms with van der Waals surface area (Å²) in [6.07, 6.45) is 0. The monoisotopic (exact) mass is 238 g/mol. The predicted molar refractivity (Wildman–Crippen MR) is 47.9 cm³/mol. The van der Waals surface area contributed by atoms with E-state index in [1.165, 1.54) is 0 Å². The second kappa shape index (κ2) is 3.16. The maximum Gasteiger partial charge on any atom is 0.360 e. The summed E-state index contributed by atoms with van der Waals surface area (Å²) in [5.41, 5.74) is 1.05. The molecule has 1 N–H and O–H groups in total. The third kappa shape index (κ3) is 1.98. The fourth-order valence-corrected chi connectivity index (χ4v) is 2.71. The lowest BCUT2D eigenvalue weighted by Gasteiger charge is -2.22. The molecule has 5 heteroatoms. The molecule has 0 aromatic carbocycles. The predicted octanol–water partition coefficient (Wildman–Crippen LogP) is 1.76. The molecule has 0 fully saturated rings. The van der Waals surface area contributed by atoms with Crippen LogP contribution in [0.3, 0.4) is 0 Å². The van der Waals surface area contributed by atoms with Gasteiger partial charge < -0.3 is 5.11 Å². The second-order valence-electron chi connectivity index (χ2n) is 2.47. The maximum atomic E-state index is 10.4. The van der Waals surface area contributed by atoms with E-state index < -0.39 is 5.97 Å². The molecule has 0 saturated heterocycles. The van der Waals surface area contributed by atoms with Gasteiger partial charge in [0.25, 0.3) is 0 Å². The Bertz CT molecular complexity index is 219. The number of rotatable bonds is 2. The highest BCUT2D eigenvalue weighted by atomic mass is 79.9. The lowest BCUT2D eigenvalue weighted by atomic mass is 10.4. The molecule has 0 aliphatic carbocycles. The molecule has 0 amide bonds. The van der Waals surface area contributed by atoms with E-state index >= 15 is 0 Å². The van der Waals surface area contributed by atoms with Crippen molar-refractivity contribution in [1.82, 2.24) is 0 Å². The fraction of sp³-hybridized carbons (Fsp3) is 0.500. The van der Waals surface area contributed by atoms with E-state index in [0.29, 0.717) is 3.51 Å². The molecular formula is C6H9BrNO2S+. The first kappa shape index (κ1) is 9.09. The van der Waals surface area contributed by atoms with E-state index in [9.17, 15) is 4.79 Å². The second-order valence-corrected chi connectivity index (χ2v) is 4.66. The number of hydrogen-bond acceptors (Lipinski definition) is 2. The van der Waals surface area contributed by atoms with Crippen molar-refractivity contribution in [3.05, 3.63) is 11.1 Å².